The van der Waals surface area contributed by atoms with Crippen LogP contribution in [0.3, 0.4) is 0 Å². The van der Waals surface area contributed by atoms with Crippen molar-refractivity contribution in [1.82, 2.24) is 19.7 Å². The Morgan fingerprint density at radius 1 is 1.37 bits per heavy atom. The molecule has 1 aliphatic rings. The van der Waals surface area contributed by atoms with Crippen LogP contribution < -0.4 is 15.2 Å². The normalized spacial score (nSPS) is 16.3. The van der Waals surface area contributed by atoms with Crippen LogP contribution in [0.25, 0.3) is 11.3 Å². The first kappa shape index (κ1) is 19.6. The van der Waals surface area contributed by atoms with Crippen LogP contribution in [-0.2, 0) is 18.2 Å². The molecule has 0 saturated heterocycles. The van der Waals surface area contributed by atoms with Crippen molar-refractivity contribution in [2.75, 3.05) is 19.1 Å². The molecule has 2 aromatic heterocycles. The Bertz CT molecular complexity index is 1140. The molecule has 0 radical (unpaired) electrons. The number of aromatic nitrogens is 4. The summed E-state index contributed by atoms with van der Waals surface area (Å²) in [5, 5.41) is 14.0. The quantitative estimate of drug-likeness (QED) is 0.600. The number of hydrogen-bond donors (Lipinski definition) is 1. The molecule has 0 aliphatic carbocycles. The van der Waals surface area contributed by atoms with Gasteiger partial charge in [-0.25, -0.2) is 14.4 Å². The average Bonchev–Trinajstić information content (AvgIpc) is 3.04. The van der Waals surface area contributed by atoms with Gasteiger partial charge >= 0.3 is 0 Å². The number of fused-ring (bicyclic) bond motifs is 5. The first-order valence-electron chi connectivity index (χ1n) is 9.23. The van der Waals surface area contributed by atoms with Crippen LogP contribution in [0.4, 0.5) is 10.2 Å². The molecule has 10 heteroatoms. The predicted octanol–water partition coefficient (Wildman–Crippen LogP) is 2.52. The van der Waals surface area contributed by atoms with Gasteiger partial charge in [-0.2, -0.15) is 10.4 Å². The summed E-state index contributed by atoms with van der Waals surface area (Å²) in [4.78, 5) is 8.65. The molecule has 9 nitrogen and oxygen atoms in total. The molecule has 0 fully saturated rings. The fourth-order valence-corrected chi connectivity index (χ4v) is 3.27. The highest BCUT2D eigenvalue weighted by atomic mass is 19.1. The van der Waals surface area contributed by atoms with E-state index in [2.05, 4.69) is 21.1 Å². The maximum atomic E-state index is 13.9. The van der Waals surface area contributed by atoms with Gasteiger partial charge in [0.15, 0.2) is 12.6 Å². The summed E-state index contributed by atoms with van der Waals surface area (Å²) >= 11 is 0. The van der Waals surface area contributed by atoms with Crippen LogP contribution in [0, 0.1) is 17.1 Å². The van der Waals surface area contributed by atoms with Crippen molar-refractivity contribution in [2.24, 2.45) is 7.05 Å². The van der Waals surface area contributed by atoms with Crippen molar-refractivity contribution >= 4 is 5.82 Å². The Kier molecular flexibility index (Phi) is 5.20. The van der Waals surface area contributed by atoms with E-state index in [4.69, 9.17) is 19.9 Å². The number of aryl methyl sites for hydroxylation is 1. The van der Waals surface area contributed by atoms with E-state index in [1.54, 1.807) is 14.0 Å². The molecule has 1 atom stereocenters. The highest BCUT2D eigenvalue weighted by Crippen LogP contribution is 2.33. The van der Waals surface area contributed by atoms with Crippen molar-refractivity contribution in [3.63, 3.8) is 0 Å². The van der Waals surface area contributed by atoms with Crippen LogP contribution in [0.1, 0.15) is 30.0 Å². The second kappa shape index (κ2) is 7.96. The third-order valence-corrected chi connectivity index (χ3v) is 4.73. The van der Waals surface area contributed by atoms with E-state index in [1.165, 1.54) is 29.1 Å². The topological polar surface area (TPSA) is 121 Å². The van der Waals surface area contributed by atoms with Crippen molar-refractivity contribution in [1.29, 1.82) is 5.26 Å². The van der Waals surface area contributed by atoms with E-state index in [-0.39, 0.29) is 18.5 Å². The Morgan fingerprint density at radius 3 is 3.00 bits per heavy atom. The molecule has 30 heavy (non-hydrogen) atoms. The van der Waals surface area contributed by atoms with Crippen molar-refractivity contribution in [3.8, 4) is 29.0 Å². The zero-order valence-electron chi connectivity index (χ0n) is 16.4. The van der Waals surface area contributed by atoms with Gasteiger partial charge in [0.05, 0.1) is 29.8 Å². The molecule has 1 unspecified atom stereocenters. The number of ether oxygens (including phenoxy) is 3. The SMILES string of the molecule is CC1Oc2nc(cnc2N)-c2c(nn(C)c2C#N)CCOCOc2ccc(F)cc21. The number of anilines is 1. The zero-order chi connectivity index (χ0) is 21.3. The van der Waals surface area contributed by atoms with Crippen LogP contribution in [0.2, 0.25) is 0 Å². The Labute approximate surface area is 171 Å². The molecule has 154 valence electrons. The lowest BCUT2D eigenvalue weighted by atomic mass is 10.1. The monoisotopic (exact) mass is 410 g/mol. The molecular weight excluding hydrogens is 391 g/mol. The summed E-state index contributed by atoms with van der Waals surface area (Å²) in [7, 11) is 1.68. The highest BCUT2D eigenvalue weighted by molar-refractivity contribution is 5.69. The summed E-state index contributed by atoms with van der Waals surface area (Å²) in [6.45, 7) is 1.98. The molecule has 3 aromatic rings. The van der Waals surface area contributed by atoms with Crippen LogP contribution in [0.5, 0.6) is 11.6 Å². The van der Waals surface area contributed by atoms with Gasteiger partial charge in [0.2, 0.25) is 0 Å². The number of rotatable bonds is 0. The van der Waals surface area contributed by atoms with Gasteiger partial charge in [0.1, 0.15) is 29.4 Å². The minimum atomic E-state index is -0.644. The molecule has 3 heterocycles. The van der Waals surface area contributed by atoms with Gasteiger partial charge in [-0.15, -0.1) is 0 Å². The summed E-state index contributed by atoms with van der Waals surface area (Å²) < 4.78 is 32.5. The van der Waals surface area contributed by atoms with Gasteiger partial charge in [0, 0.05) is 19.0 Å². The minimum absolute atomic E-state index is 0.0358. The number of hydrogen-bond acceptors (Lipinski definition) is 8. The first-order valence-corrected chi connectivity index (χ1v) is 9.23. The molecule has 4 rings (SSSR count). The van der Waals surface area contributed by atoms with E-state index in [0.29, 0.717) is 47.0 Å². The molecule has 2 bridgehead atoms. The van der Waals surface area contributed by atoms with Crippen LogP contribution in [-0.4, -0.2) is 33.1 Å². The maximum Gasteiger partial charge on any atom is 0.258 e. The number of nitrogens with zero attached hydrogens (tertiary/aromatic N) is 5. The number of nitriles is 1. The molecular formula is C20H19FN6O3. The highest BCUT2D eigenvalue weighted by Gasteiger charge is 2.23. The van der Waals surface area contributed by atoms with Crippen molar-refractivity contribution < 1.29 is 18.6 Å². The summed E-state index contributed by atoms with van der Waals surface area (Å²) in [5.74, 6) is 0.140. The average molecular weight is 410 g/mol. The fraction of sp³-hybridized carbons (Fsp3) is 0.300. The number of nitrogens with two attached hydrogens (primary N) is 1. The van der Waals surface area contributed by atoms with Crippen LogP contribution in [0.15, 0.2) is 24.4 Å². The van der Waals surface area contributed by atoms with E-state index in [1.807, 2.05) is 0 Å². The Hall–Kier alpha value is -3.71. The fourth-order valence-electron chi connectivity index (χ4n) is 3.27. The maximum absolute atomic E-state index is 13.9. The van der Waals surface area contributed by atoms with Crippen molar-refractivity contribution in [2.45, 2.75) is 19.4 Å². The molecule has 0 spiro atoms. The van der Waals surface area contributed by atoms with Crippen molar-refractivity contribution in [3.05, 3.63) is 47.2 Å². The second-order valence-electron chi connectivity index (χ2n) is 6.71. The first-order chi connectivity index (χ1) is 14.5. The molecule has 1 aromatic carbocycles. The molecule has 0 amide bonds. The second-order valence-corrected chi connectivity index (χ2v) is 6.71. The Morgan fingerprint density at radius 2 is 2.20 bits per heavy atom. The summed E-state index contributed by atoms with van der Waals surface area (Å²) in [6.07, 6.45) is 1.25. The van der Waals surface area contributed by atoms with Gasteiger partial charge < -0.3 is 19.9 Å². The van der Waals surface area contributed by atoms with E-state index in [9.17, 15) is 9.65 Å². The van der Waals surface area contributed by atoms with Gasteiger partial charge in [-0.05, 0) is 25.1 Å². The van der Waals surface area contributed by atoms with E-state index in [0.717, 1.165) is 0 Å². The molecule has 1 aliphatic heterocycles. The molecule has 2 N–H and O–H groups in total. The third kappa shape index (κ3) is 3.62. The Balaban J connectivity index is 1.84. The van der Waals surface area contributed by atoms with Crippen LogP contribution >= 0.6 is 0 Å². The summed E-state index contributed by atoms with van der Waals surface area (Å²) in [5.41, 5.74) is 8.35. The van der Waals surface area contributed by atoms with Gasteiger partial charge in [-0.3, -0.25) is 4.68 Å². The number of nitrogen functional groups attached to an aromatic ring is 1. The lowest BCUT2D eigenvalue weighted by Gasteiger charge is -2.19. The van der Waals surface area contributed by atoms with E-state index < -0.39 is 11.9 Å². The summed E-state index contributed by atoms with van der Waals surface area (Å²) in [6, 6.07) is 6.28. The minimum Gasteiger partial charge on any atom is -0.467 e. The smallest absolute Gasteiger partial charge is 0.258 e. The van der Waals surface area contributed by atoms with E-state index >= 15 is 0 Å². The molecule has 0 saturated carbocycles. The lowest BCUT2D eigenvalue weighted by Crippen LogP contribution is -2.13. The lowest BCUT2D eigenvalue weighted by molar-refractivity contribution is 0.0149. The largest absolute Gasteiger partial charge is 0.467 e. The standard InChI is InChI=1S/C20H19FN6O3/c1-11-13-7-12(21)3-4-17(13)29-10-28-6-5-14-18(16(8-22)27(2)26-14)15-9-24-19(23)20(25-15)30-11/h3-4,7,9,11H,5-6,10H2,1-2H3,(H2,23,24). The van der Waals surface area contributed by atoms with Gasteiger partial charge in [0.25, 0.3) is 5.88 Å². The number of benzene rings is 1. The third-order valence-electron chi connectivity index (χ3n) is 4.73. The number of halogens is 1. The van der Waals surface area contributed by atoms with Gasteiger partial charge in [-0.1, -0.05) is 0 Å². The predicted molar refractivity (Wildman–Crippen MR) is 104 cm³/mol. The zero-order valence-corrected chi connectivity index (χ0v) is 16.4.